The molecule has 4 aliphatic rings. The quantitative estimate of drug-likeness (QED) is 0.694. The van der Waals surface area contributed by atoms with Gasteiger partial charge in [-0.05, 0) is 62.9 Å². The predicted molar refractivity (Wildman–Crippen MR) is 128 cm³/mol. The van der Waals surface area contributed by atoms with Crippen molar-refractivity contribution >= 4 is 0 Å². The number of phenols is 1. The maximum atomic E-state index is 11.3. The lowest BCUT2D eigenvalue weighted by Crippen LogP contribution is -2.68. The van der Waals surface area contributed by atoms with E-state index in [2.05, 4.69) is 42.8 Å². The molecule has 35 heavy (non-hydrogen) atoms. The standard InChI is InChI=1S/C27H31N3O5/c1-12-6-15-7-17-19(9-28)30-18(23(29(17)4)21(15)13(2)25(12)33-5)8-16-22(20(30)10-31)27-26(34-11-35-27)14(3)24(16)32/h6,17-20,23,31-32H,7-8,10-11H2,1-5H3/t17-,18?,19+,20+,23+/m1/s1/i31T. The van der Waals surface area contributed by atoms with Crippen molar-refractivity contribution in [3.63, 3.8) is 0 Å². The number of aliphatic hydroxyl groups excluding tert-OH is 1. The largest absolute Gasteiger partial charge is 0.507 e. The van der Waals surface area contributed by atoms with Gasteiger partial charge < -0.3 is 24.4 Å². The number of aromatic hydroxyl groups is 1. The molecule has 0 aromatic heterocycles. The van der Waals surface area contributed by atoms with Gasteiger partial charge in [0.15, 0.2) is 11.5 Å². The molecule has 2 aromatic rings. The molecule has 2 bridgehead atoms. The molecular weight excluding hydrogens is 446 g/mol. The van der Waals surface area contributed by atoms with Gasteiger partial charge in [0.25, 0.3) is 0 Å². The average molecular weight is 480 g/mol. The van der Waals surface area contributed by atoms with E-state index >= 15 is 0 Å². The van der Waals surface area contributed by atoms with Crippen molar-refractivity contribution in [2.24, 2.45) is 0 Å². The Morgan fingerprint density at radius 2 is 1.94 bits per heavy atom. The van der Waals surface area contributed by atoms with E-state index in [0.717, 1.165) is 34.4 Å². The van der Waals surface area contributed by atoms with Crippen molar-refractivity contribution in [3.8, 4) is 29.1 Å². The van der Waals surface area contributed by atoms with Crippen molar-refractivity contribution in [1.82, 2.24) is 9.80 Å². The minimum absolute atomic E-state index is 0.0237. The van der Waals surface area contributed by atoms with Crippen molar-refractivity contribution in [2.75, 3.05) is 27.6 Å². The van der Waals surface area contributed by atoms with Gasteiger partial charge in [0.2, 0.25) is 8.22 Å². The molecule has 4 heterocycles. The van der Waals surface area contributed by atoms with E-state index in [9.17, 15) is 10.4 Å². The number of phenolic OH excluding ortho intramolecular Hbond substituents is 1. The number of ether oxygens (including phenoxy) is 3. The fourth-order valence-electron chi connectivity index (χ4n) is 7.34. The number of aryl methyl sites for hydroxylation is 1. The summed E-state index contributed by atoms with van der Waals surface area (Å²) >= 11 is 0. The molecule has 184 valence electrons. The molecule has 0 saturated carbocycles. The number of benzene rings is 2. The number of fused-ring (bicyclic) bond motifs is 9. The second-order valence-electron chi connectivity index (χ2n) is 10.2. The van der Waals surface area contributed by atoms with E-state index in [-0.39, 0.29) is 37.3 Å². The molecule has 8 nitrogen and oxygen atoms in total. The van der Waals surface area contributed by atoms with Crippen LogP contribution in [0.3, 0.4) is 0 Å². The summed E-state index contributed by atoms with van der Waals surface area (Å²) in [6.45, 7) is 6.13. The summed E-state index contributed by atoms with van der Waals surface area (Å²) in [7, 11) is 3.81. The van der Waals surface area contributed by atoms with Crippen LogP contribution in [0.25, 0.3) is 0 Å². The average Bonchev–Trinajstić information content (AvgIpc) is 3.34. The summed E-state index contributed by atoms with van der Waals surface area (Å²) in [5.74, 6) is 2.20. The maximum Gasteiger partial charge on any atom is 0.231 e. The SMILES string of the molecule is [3H]OC[C@H]1c2c(c(O)c(C)c3c2OCO3)CC2[C@H]3c4c(cc(C)c(OC)c4C)C[C@H]([C@H](C#N)N21)N3C. The van der Waals surface area contributed by atoms with Crippen LogP contribution >= 0.6 is 0 Å². The molecule has 0 aliphatic carbocycles. The Bertz CT molecular complexity index is 1310. The third-order valence-corrected chi connectivity index (χ3v) is 8.72. The molecule has 6 rings (SSSR count). The van der Waals surface area contributed by atoms with E-state index in [4.69, 9.17) is 20.8 Å². The Hall–Kier alpha value is -2.99. The first-order valence-electron chi connectivity index (χ1n) is 12.5. The Balaban J connectivity index is 1.61. The molecule has 5 atom stereocenters. The Labute approximate surface area is 206 Å². The maximum absolute atomic E-state index is 11.3. The van der Waals surface area contributed by atoms with Crippen molar-refractivity contribution < 1.29 is 24.4 Å². The summed E-state index contributed by atoms with van der Waals surface area (Å²) in [5.41, 5.74) is 6.90. The number of nitriles is 1. The number of hydrogen-bond donors (Lipinski definition) is 2. The third-order valence-electron chi connectivity index (χ3n) is 8.72. The summed E-state index contributed by atoms with van der Waals surface area (Å²) < 4.78 is 25.1. The number of methoxy groups -OCH3 is 1. The zero-order valence-electron chi connectivity index (χ0n) is 21.7. The normalized spacial score (nSPS) is 29.0. The Morgan fingerprint density at radius 1 is 1.17 bits per heavy atom. The first-order chi connectivity index (χ1) is 17.3. The van der Waals surface area contributed by atoms with E-state index < -0.39 is 12.1 Å². The second kappa shape index (κ2) is 7.76. The second-order valence-corrected chi connectivity index (χ2v) is 10.2. The highest BCUT2D eigenvalue weighted by molar-refractivity contribution is 5.65. The van der Waals surface area contributed by atoms with Gasteiger partial charge in [-0.15, -0.1) is 0 Å². The Morgan fingerprint density at radius 3 is 2.66 bits per heavy atom. The van der Waals surface area contributed by atoms with Gasteiger partial charge in [-0.3, -0.25) is 9.80 Å². The molecule has 2 N–H and O–H groups in total. The van der Waals surface area contributed by atoms with Crippen LogP contribution in [0.1, 0.15) is 51.0 Å². The lowest BCUT2D eigenvalue weighted by Gasteiger charge is -2.60. The zero-order chi connectivity index (χ0) is 25.5. The smallest absolute Gasteiger partial charge is 0.231 e. The van der Waals surface area contributed by atoms with E-state index in [1.165, 1.54) is 11.1 Å². The van der Waals surface area contributed by atoms with Crippen LogP contribution in [0, 0.1) is 32.1 Å². The molecule has 0 radical (unpaired) electrons. The van der Waals surface area contributed by atoms with Crippen molar-refractivity contribution in [3.05, 3.63) is 45.0 Å². The summed E-state index contributed by atoms with van der Waals surface area (Å²) in [6.07, 6.45) is 1.27. The molecule has 0 spiro atoms. The van der Waals surface area contributed by atoms with Crippen LogP contribution in [0.4, 0.5) is 0 Å². The first-order valence-corrected chi connectivity index (χ1v) is 12.1. The van der Waals surface area contributed by atoms with E-state index in [0.29, 0.717) is 23.5 Å². The number of piperazine rings is 1. The monoisotopic (exact) mass is 479 g/mol. The highest BCUT2D eigenvalue weighted by Crippen LogP contribution is 2.57. The van der Waals surface area contributed by atoms with Gasteiger partial charge in [0, 0.05) is 28.8 Å². The third kappa shape index (κ3) is 2.77. The number of rotatable bonds is 3. The van der Waals surface area contributed by atoms with Crippen LogP contribution < -0.4 is 14.2 Å². The molecule has 1 saturated heterocycles. The molecule has 8 heteroatoms. The van der Waals surface area contributed by atoms with E-state index in [1.54, 1.807) is 7.11 Å². The number of aliphatic hydroxyl groups is 1. The fraction of sp³-hybridized carbons (Fsp3) is 0.519. The van der Waals surface area contributed by atoms with Gasteiger partial charge in [0.1, 0.15) is 17.5 Å². The predicted octanol–water partition coefficient (Wildman–Crippen LogP) is 2.82. The number of hydrogen-bond acceptors (Lipinski definition) is 8. The van der Waals surface area contributed by atoms with Gasteiger partial charge in [0.05, 0.1) is 31.9 Å². The minimum Gasteiger partial charge on any atom is -0.507 e. The molecule has 0 amide bonds. The van der Waals surface area contributed by atoms with Crippen molar-refractivity contribution in [1.29, 1.82) is 6.69 Å². The highest BCUT2D eigenvalue weighted by atomic mass is 16.7. The van der Waals surface area contributed by atoms with Gasteiger partial charge >= 0.3 is 0 Å². The number of likely N-dealkylation sites (N-methyl/N-ethyl adjacent to an activating group) is 1. The van der Waals surface area contributed by atoms with Gasteiger partial charge in [-0.1, -0.05) is 6.07 Å². The molecular formula is C27H31N3O5. The van der Waals surface area contributed by atoms with Gasteiger partial charge in [-0.2, -0.15) is 5.26 Å². The molecule has 1 unspecified atom stereocenters. The van der Waals surface area contributed by atoms with Crippen LogP contribution in [0.5, 0.6) is 23.0 Å². The van der Waals surface area contributed by atoms with Crippen LogP contribution in [0.2, 0.25) is 0 Å². The lowest BCUT2D eigenvalue weighted by molar-refractivity contribution is -0.0821. The molecule has 4 aliphatic heterocycles. The Kier molecular flexibility index (Phi) is 4.72. The molecule has 1 fully saturated rings. The van der Waals surface area contributed by atoms with Crippen molar-refractivity contribution in [2.45, 2.75) is 63.8 Å². The molecule has 2 aromatic carbocycles. The van der Waals surface area contributed by atoms with Gasteiger partial charge in [-0.25, -0.2) is 0 Å². The fourth-order valence-corrected chi connectivity index (χ4v) is 7.34. The summed E-state index contributed by atoms with van der Waals surface area (Å²) in [4.78, 5) is 4.55. The first kappa shape index (κ1) is 21.3. The topological polar surface area (TPSA) is 98.4 Å². The lowest BCUT2D eigenvalue weighted by atomic mass is 9.71. The highest BCUT2D eigenvalue weighted by Gasteiger charge is 2.56. The minimum atomic E-state index is -0.434. The summed E-state index contributed by atoms with van der Waals surface area (Å²) in [5, 5.41) is 26.8. The van der Waals surface area contributed by atoms with Crippen LogP contribution in [-0.4, -0.2) is 67.1 Å². The summed E-state index contributed by atoms with van der Waals surface area (Å²) in [6, 6.07) is 3.76. The van der Waals surface area contributed by atoms with Crippen LogP contribution in [-0.2, 0) is 12.8 Å². The van der Waals surface area contributed by atoms with E-state index in [1.807, 2.05) is 6.92 Å². The van der Waals surface area contributed by atoms with Crippen LogP contribution in [0.15, 0.2) is 6.07 Å². The zero-order valence-corrected chi connectivity index (χ0v) is 20.7. The number of nitrogens with zero attached hydrogens (tertiary/aromatic N) is 3.